The average molecular weight is 353 g/mol. The Morgan fingerprint density at radius 2 is 1.92 bits per heavy atom. The van der Waals surface area contributed by atoms with Gasteiger partial charge in [0.1, 0.15) is 12.7 Å². The summed E-state index contributed by atoms with van der Waals surface area (Å²) in [4.78, 5) is 7.54. The molecule has 2 aromatic heterocycles. The third-order valence-corrected chi connectivity index (χ3v) is 4.57. The van der Waals surface area contributed by atoms with Gasteiger partial charge in [0.25, 0.3) is 0 Å². The van der Waals surface area contributed by atoms with Crippen molar-refractivity contribution in [2.24, 2.45) is 0 Å². The van der Waals surface area contributed by atoms with Crippen LogP contribution in [0.1, 0.15) is 5.56 Å². The smallest absolute Gasteiger partial charge is 0.231 e. The van der Waals surface area contributed by atoms with Crippen LogP contribution in [0.25, 0.3) is 22.2 Å². The van der Waals surface area contributed by atoms with E-state index in [0.29, 0.717) is 11.6 Å². The normalized spacial score (nSPS) is 12.8. The molecule has 0 atom stereocenters. The van der Waals surface area contributed by atoms with Crippen LogP contribution in [-0.4, -0.2) is 26.5 Å². The van der Waals surface area contributed by atoms with Gasteiger partial charge in [0.2, 0.25) is 6.79 Å². The molecule has 0 spiro atoms. The summed E-state index contributed by atoms with van der Waals surface area (Å²) in [6, 6.07) is 11.8. The van der Waals surface area contributed by atoms with Crippen molar-refractivity contribution in [3.63, 3.8) is 0 Å². The molecular formula is C18H13ClN4O2. The van der Waals surface area contributed by atoms with E-state index in [0.717, 1.165) is 39.2 Å². The zero-order chi connectivity index (χ0) is 16.8. The third kappa shape index (κ3) is 2.42. The van der Waals surface area contributed by atoms with E-state index in [1.807, 2.05) is 36.4 Å². The summed E-state index contributed by atoms with van der Waals surface area (Å²) >= 11 is 6.04. The molecule has 6 nitrogen and oxygen atoms in total. The maximum absolute atomic E-state index is 6.04. The van der Waals surface area contributed by atoms with E-state index >= 15 is 0 Å². The predicted molar refractivity (Wildman–Crippen MR) is 94.0 cm³/mol. The fraction of sp³-hybridized carbons (Fsp3) is 0.111. The average Bonchev–Trinajstić information content (AvgIpc) is 3.35. The van der Waals surface area contributed by atoms with Crippen LogP contribution in [0, 0.1) is 0 Å². The van der Waals surface area contributed by atoms with Crippen LogP contribution in [0.3, 0.4) is 0 Å². The molecule has 4 aromatic rings. The minimum absolute atomic E-state index is 0.254. The molecule has 0 bridgehead atoms. The lowest BCUT2D eigenvalue weighted by Crippen LogP contribution is -2.01. The van der Waals surface area contributed by atoms with Gasteiger partial charge in [-0.2, -0.15) is 5.10 Å². The lowest BCUT2D eigenvalue weighted by Gasteiger charge is -2.06. The summed E-state index contributed by atoms with van der Waals surface area (Å²) in [5.41, 5.74) is 4.17. The standard InChI is InChI=1S/C18H13ClN4O2/c19-12-3-1-11(2-4-12)18-14(7-23-9-20-8-21-23)13-5-16-17(25-10-24-16)6-15(13)22-18/h1-6,8-9,22H,7,10H2. The number of rotatable bonds is 3. The first-order chi connectivity index (χ1) is 12.3. The molecule has 1 N–H and O–H groups in total. The van der Waals surface area contributed by atoms with Gasteiger partial charge >= 0.3 is 0 Å². The number of hydrogen-bond donors (Lipinski definition) is 1. The number of nitrogens with one attached hydrogen (secondary N) is 1. The van der Waals surface area contributed by atoms with Crippen LogP contribution in [0.2, 0.25) is 5.02 Å². The van der Waals surface area contributed by atoms with Gasteiger partial charge in [-0.1, -0.05) is 23.7 Å². The second kappa shape index (κ2) is 5.53. The van der Waals surface area contributed by atoms with E-state index in [4.69, 9.17) is 21.1 Å². The van der Waals surface area contributed by atoms with E-state index in [2.05, 4.69) is 15.1 Å². The molecule has 25 heavy (non-hydrogen) atoms. The van der Waals surface area contributed by atoms with Crippen molar-refractivity contribution >= 4 is 22.5 Å². The number of aromatic nitrogens is 4. The quantitative estimate of drug-likeness (QED) is 0.608. The van der Waals surface area contributed by atoms with E-state index in [9.17, 15) is 0 Å². The molecule has 0 radical (unpaired) electrons. The van der Waals surface area contributed by atoms with Gasteiger partial charge in [-0.25, -0.2) is 9.67 Å². The highest BCUT2D eigenvalue weighted by molar-refractivity contribution is 6.30. The van der Waals surface area contributed by atoms with E-state index in [1.165, 1.54) is 6.33 Å². The molecule has 0 saturated carbocycles. The van der Waals surface area contributed by atoms with Crippen molar-refractivity contribution in [1.82, 2.24) is 19.7 Å². The topological polar surface area (TPSA) is 65.0 Å². The van der Waals surface area contributed by atoms with Gasteiger partial charge in [-0.15, -0.1) is 0 Å². The maximum atomic E-state index is 6.04. The Morgan fingerprint density at radius 3 is 2.68 bits per heavy atom. The predicted octanol–water partition coefficient (Wildman–Crippen LogP) is 3.86. The van der Waals surface area contributed by atoms with Crippen molar-refractivity contribution in [2.75, 3.05) is 6.79 Å². The van der Waals surface area contributed by atoms with E-state index in [-0.39, 0.29) is 6.79 Å². The lowest BCUT2D eigenvalue weighted by atomic mass is 10.0. The van der Waals surface area contributed by atoms with Crippen molar-refractivity contribution < 1.29 is 9.47 Å². The fourth-order valence-electron chi connectivity index (χ4n) is 3.14. The van der Waals surface area contributed by atoms with Crippen LogP contribution in [-0.2, 0) is 6.54 Å². The van der Waals surface area contributed by atoms with Crippen molar-refractivity contribution in [1.29, 1.82) is 0 Å². The molecule has 5 rings (SSSR count). The SMILES string of the molecule is Clc1ccc(-c2[nH]c3cc4c(cc3c2Cn2cncn2)OCO4)cc1. The Balaban J connectivity index is 1.73. The summed E-state index contributed by atoms with van der Waals surface area (Å²) in [6.07, 6.45) is 3.24. The number of aromatic amines is 1. The zero-order valence-electron chi connectivity index (χ0n) is 13.1. The highest BCUT2D eigenvalue weighted by Crippen LogP contribution is 2.40. The molecule has 2 aromatic carbocycles. The Labute approximate surface area is 148 Å². The second-order valence-electron chi connectivity index (χ2n) is 5.83. The number of ether oxygens (including phenoxy) is 2. The highest BCUT2D eigenvalue weighted by atomic mass is 35.5. The summed E-state index contributed by atoms with van der Waals surface area (Å²) in [6.45, 7) is 0.849. The summed E-state index contributed by atoms with van der Waals surface area (Å²) in [5, 5.41) is 6.01. The summed E-state index contributed by atoms with van der Waals surface area (Å²) in [5.74, 6) is 1.51. The molecule has 0 fully saturated rings. The Morgan fingerprint density at radius 1 is 1.12 bits per heavy atom. The molecular weight excluding hydrogens is 340 g/mol. The molecule has 1 aliphatic rings. The fourth-order valence-corrected chi connectivity index (χ4v) is 3.27. The number of halogens is 1. The van der Waals surface area contributed by atoms with Gasteiger partial charge in [0, 0.05) is 22.0 Å². The van der Waals surface area contributed by atoms with Crippen molar-refractivity contribution in [3.05, 3.63) is 59.6 Å². The molecule has 0 saturated heterocycles. The first kappa shape index (κ1) is 14.4. The van der Waals surface area contributed by atoms with Gasteiger partial charge in [-0.3, -0.25) is 0 Å². The number of benzene rings is 2. The second-order valence-corrected chi connectivity index (χ2v) is 6.27. The Kier molecular flexibility index (Phi) is 3.18. The molecule has 1 aliphatic heterocycles. The molecule has 124 valence electrons. The van der Waals surface area contributed by atoms with E-state index in [1.54, 1.807) is 11.0 Å². The highest BCUT2D eigenvalue weighted by Gasteiger charge is 2.20. The van der Waals surface area contributed by atoms with Crippen LogP contribution in [0.4, 0.5) is 0 Å². The van der Waals surface area contributed by atoms with Crippen molar-refractivity contribution in [2.45, 2.75) is 6.54 Å². The van der Waals surface area contributed by atoms with Gasteiger partial charge < -0.3 is 14.5 Å². The van der Waals surface area contributed by atoms with Crippen LogP contribution < -0.4 is 9.47 Å². The first-order valence-electron chi connectivity index (χ1n) is 7.80. The molecule has 0 amide bonds. The van der Waals surface area contributed by atoms with Crippen LogP contribution in [0.5, 0.6) is 11.5 Å². The summed E-state index contributed by atoms with van der Waals surface area (Å²) < 4.78 is 12.8. The van der Waals surface area contributed by atoms with Crippen LogP contribution >= 0.6 is 11.6 Å². The molecule has 0 aliphatic carbocycles. The Hall–Kier alpha value is -2.99. The van der Waals surface area contributed by atoms with Gasteiger partial charge in [-0.05, 0) is 23.8 Å². The van der Waals surface area contributed by atoms with E-state index < -0.39 is 0 Å². The minimum Gasteiger partial charge on any atom is -0.454 e. The summed E-state index contributed by atoms with van der Waals surface area (Å²) in [7, 11) is 0. The minimum atomic E-state index is 0.254. The lowest BCUT2D eigenvalue weighted by molar-refractivity contribution is 0.174. The Bertz CT molecular complexity index is 1060. The maximum Gasteiger partial charge on any atom is 0.231 e. The molecule has 7 heteroatoms. The number of H-pyrrole nitrogens is 1. The largest absolute Gasteiger partial charge is 0.454 e. The van der Waals surface area contributed by atoms with Crippen molar-refractivity contribution in [3.8, 4) is 22.8 Å². The van der Waals surface area contributed by atoms with Gasteiger partial charge in [0.15, 0.2) is 11.5 Å². The third-order valence-electron chi connectivity index (χ3n) is 4.32. The molecule has 0 unspecified atom stereocenters. The van der Waals surface area contributed by atoms with Gasteiger partial charge in [0.05, 0.1) is 17.8 Å². The number of nitrogens with zero attached hydrogens (tertiary/aromatic N) is 3. The number of fused-ring (bicyclic) bond motifs is 2. The van der Waals surface area contributed by atoms with Crippen LogP contribution in [0.15, 0.2) is 49.1 Å². The number of hydrogen-bond acceptors (Lipinski definition) is 4. The first-order valence-corrected chi connectivity index (χ1v) is 8.18. The monoisotopic (exact) mass is 352 g/mol. The zero-order valence-corrected chi connectivity index (χ0v) is 13.8. The molecule has 3 heterocycles.